The topological polar surface area (TPSA) is 72.7 Å². The van der Waals surface area contributed by atoms with Crippen molar-refractivity contribution >= 4 is 17.1 Å². The first-order valence-electron chi connectivity index (χ1n) is 7.26. The molecule has 3 rings (SSSR count). The summed E-state index contributed by atoms with van der Waals surface area (Å²) in [6, 6.07) is 9.22. The standard InChI is InChI=1S/C16H17N5O/c1-3-8-18-16(22)12-6-7-14(11(2)10-12)21-15-13(19-20-21)5-4-9-17-15/h4-7,9-10H,3,8H2,1-2H3,(H,18,22). The van der Waals surface area contributed by atoms with E-state index in [1.807, 2.05) is 38.1 Å². The Kier molecular flexibility index (Phi) is 3.82. The zero-order valence-electron chi connectivity index (χ0n) is 12.6. The van der Waals surface area contributed by atoms with E-state index in [2.05, 4.69) is 20.6 Å². The fourth-order valence-electron chi connectivity index (χ4n) is 2.30. The summed E-state index contributed by atoms with van der Waals surface area (Å²) >= 11 is 0. The van der Waals surface area contributed by atoms with Gasteiger partial charge in [0.15, 0.2) is 5.65 Å². The molecule has 0 saturated carbocycles. The van der Waals surface area contributed by atoms with Gasteiger partial charge in [0, 0.05) is 18.3 Å². The highest BCUT2D eigenvalue weighted by atomic mass is 16.1. The molecule has 0 radical (unpaired) electrons. The smallest absolute Gasteiger partial charge is 0.251 e. The van der Waals surface area contributed by atoms with Crippen LogP contribution >= 0.6 is 0 Å². The molecule has 6 heteroatoms. The Balaban J connectivity index is 1.97. The first-order chi connectivity index (χ1) is 10.7. The monoisotopic (exact) mass is 295 g/mol. The maximum atomic E-state index is 12.0. The van der Waals surface area contributed by atoms with Crippen LogP contribution in [0.3, 0.4) is 0 Å². The fraction of sp³-hybridized carbons (Fsp3) is 0.250. The molecule has 1 N–H and O–H groups in total. The van der Waals surface area contributed by atoms with Gasteiger partial charge in [-0.05, 0) is 49.2 Å². The van der Waals surface area contributed by atoms with E-state index in [4.69, 9.17) is 0 Å². The number of nitrogens with zero attached hydrogens (tertiary/aromatic N) is 4. The summed E-state index contributed by atoms with van der Waals surface area (Å²) in [7, 11) is 0. The highest BCUT2D eigenvalue weighted by molar-refractivity contribution is 5.94. The minimum Gasteiger partial charge on any atom is -0.352 e. The van der Waals surface area contributed by atoms with Crippen molar-refractivity contribution < 1.29 is 4.79 Å². The molecule has 22 heavy (non-hydrogen) atoms. The molecule has 3 aromatic rings. The summed E-state index contributed by atoms with van der Waals surface area (Å²) in [5.41, 5.74) is 3.90. The molecule has 2 aromatic heterocycles. The molecule has 0 fully saturated rings. The van der Waals surface area contributed by atoms with Gasteiger partial charge in [0.1, 0.15) is 5.52 Å². The molecule has 0 bridgehead atoms. The number of rotatable bonds is 4. The van der Waals surface area contributed by atoms with Gasteiger partial charge in [0.05, 0.1) is 5.69 Å². The van der Waals surface area contributed by atoms with E-state index < -0.39 is 0 Å². The summed E-state index contributed by atoms with van der Waals surface area (Å²) in [4.78, 5) is 16.3. The van der Waals surface area contributed by atoms with Crippen LogP contribution in [0.4, 0.5) is 0 Å². The first-order valence-corrected chi connectivity index (χ1v) is 7.26. The maximum Gasteiger partial charge on any atom is 0.251 e. The third-order valence-corrected chi connectivity index (χ3v) is 3.43. The Morgan fingerprint density at radius 1 is 1.32 bits per heavy atom. The number of carbonyl (C=O) groups is 1. The Bertz CT molecular complexity index is 824. The number of benzene rings is 1. The Morgan fingerprint density at radius 3 is 2.95 bits per heavy atom. The fourth-order valence-corrected chi connectivity index (χ4v) is 2.30. The van der Waals surface area contributed by atoms with Crippen LogP contribution in [0.15, 0.2) is 36.5 Å². The van der Waals surface area contributed by atoms with Gasteiger partial charge in [-0.1, -0.05) is 12.1 Å². The number of pyridine rings is 1. The largest absolute Gasteiger partial charge is 0.352 e. The van der Waals surface area contributed by atoms with Crippen LogP contribution < -0.4 is 5.32 Å². The van der Waals surface area contributed by atoms with Gasteiger partial charge in [-0.2, -0.15) is 4.68 Å². The van der Waals surface area contributed by atoms with Gasteiger partial charge < -0.3 is 5.32 Å². The molecular weight excluding hydrogens is 278 g/mol. The van der Waals surface area contributed by atoms with Crippen LogP contribution in [0.25, 0.3) is 16.9 Å². The van der Waals surface area contributed by atoms with E-state index >= 15 is 0 Å². The molecule has 1 amide bonds. The van der Waals surface area contributed by atoms with E-state index in [9.17, 15) is 4.79 Å². The van der Waals surface area contributed by atoms with Crippen molar-refractivity contribution in [1.82, 2.24) is 25.3 Å². The van der Waals surface area contributed by atoms with E-state index in [1.54, 1.807) is 16.9 Å². The third kappa shape index (κ3) is 2.55. The van der Waals surface area contributed by atoms with Crippen molar-refractivity contribution in [1.29, 1.82) is 0 Å². The molecule has 0 atom stereocenters. The van der Waals surface area contributed by atoms with Crippen molar-refractivity contribution in [3.05, 3.63) is 47.7 Å². The number of carbonyl (C=O) groups excluding carboxylic acids is 1. The molecule has 0 aliphatic heterocycles. The third-order valence-electron chi connectivity index (χ3n) is 3.43. The second-order valence-electron chi connectivity index (χ2n) is 5.10. The van der Waals surface area contributed by atoms with Gasteiger partial charge in [-0.3, -0.25) is 4.79 Å². The molecule has 0 aliphatic rings. The number of nitrogens with one attached hydrogen (secondary N) is 1. The van der Waals surface area contributed by atoms with E-state index in [-0.39, 0.29) is 5.91 Å². The average molecular weight is 295 g/mol. The number of hydrogen-bond donors (Lipinski definition) is 1. The van der Waals surface area contributed by atoms with Gasteiger partial charge >= 0.3 is 0 Å². The predicted octanol–water partition coefficient (Wildman–Crippen LogP) is 2.26. The van der Waals surface area contributed by atoms with Crippen LogP contribution in [0.2, 0.25) is 0 Å². The van der Waals surface area contributed by atoms with Crippen molar-refractivity contribution in [2.24, 2.45) is 0 Å². The lowest BCUT2D eigenvalue weighted by Gasteiger charge is -2.09. The van der Waals surface area contributed by atoms with Gasteiger partial charge in [0.25, 0.3) is 5.91 Å². The van der Waals surface area contributed by atoms with E-state index in [0.717, 1.165) is 23.2 Å². The molecule has 0 unspecified atom stereocenters. The van der Waals surface area contributed by atoms with Crippen LogP contribution in [0.5, 0.6) is 0 Å². The Morgan fingerprint density at radius 2 is 2.18 bits per heavy atom. The van der Waals surface area contributed by atoms with Crippen LogP contribution in [0, 0.1) is 6.92 Å². The summed E-state index contributed by atoms with van der Waals surface area (Å²) in [5, 5.41) is 11.1. The second kappa shape index (κ2) is 5.93. The van der Waals surface area contributed by atoms with Crippen molar-refractivity contribution in [2.45, 2.75) is 20.3 Å². The quantitative estimate of drug-likeness (QED) is 0.801. The summed E-state index contributed by atoms with van der Waals surface area (Å²) in [5.74, 6) is -0.0573. The van der Waals surface area contributed by atoms with Gasteiger partial charge in [-0.25, -0.2) is 4.98 Å². The predicted molar refractivity (Wildman–Crippen MR) is 84.0 cm³/mol. The Hall–Kier alpha value is -2.76. The second-order valence-corrected chi connectivity index (χ2v) is 5.10. The summed E-state index contributed by atoms with van der Waals surface area (Å²) in [6.45, 7) is 4.65. The normalized spacial score (nSPS) is 10.8. The summed E-state index contributed by atoms with van der Waals surface area (Å²) < 4.78 is 1.69. The molecule has 112 valence electrons. The molecular formula is C16H17N5O. The highest BCUT2D eigenvalue weighted by Crippen LogP contribution is 2.18. The number of aryl methyl sites for hydroxylation is 1. The molecule has 1 aromatic carbocycles. The molecule has 2 heterocycles. The zero-order valence-corrected chi connectivity index (χ0v) is 12.6. The zero-order chi connectivity index (χ0) is 15.5. The van der Waals surface area contributed by atoms with Crippen molar-refractivity contribution in [2.75, 3.05) is 6.54 Å². The molecule has 0 aliphatic carbocycles. The van der Waals surface area contributed by atoms with E-state index in [1.165, 1.54) is 0 Å². The minimum atomic E-state index is -0.0573. The number of fused-ring (bicyclic) bond motifs is 1. The van der Waals surface area contributed by atoms with Crippen LogP contribution in [-0.2, 0) is 0 Å². The lowest BCUT2D eigenvalue weighted by atomic mass is 10.1. The number of aromatic nitrogens is 4. The number of amides is 1. The SMILES string of the molecule is CCCNC(=O)c1ccc(-n2nnc3cccnc32)c(C)c1. The summed E-state index contributed by atoms with van der Waals surface area (Å²) in [6.07, 6.45) is 2.63. The average Bonchev–Trinajstić information content (AvgIpc) is 2.96. The van der Waals surface area contributed by atoms with Gasteiger partial charge in [-0.15, -0.1) is 5.10 Å². The van der Waals surface area contributed by atoms with Crippen LogP contribution in [0.1, 0.15) is 29.3 Å². The van der Waals surface area contributed by atoms with Crippen molar-refractivity contribution in [3.63, 3.8) is 0 Å². The first kappa shape index (κ1) is 14.2. The van der Waals surface area contributed by atoms with Crippen molar-refractivity contribution in [3.8, 4) is 5.69 Å². The maximum absolute atomic E-state index is 12.0. The molecule has 0 spiro atoms. The lowest BCUT2D eigenvalue weighted by Crippen LogP contribution is -2.24. The Labute approximate surface area is 128 Å². The molecule has 0 saturated heterocycles. The minimum absolute atomic E-state index is 0.0573. The van der Waals surface area contributed by atoms with Gasteiger partial charge in [0.2, 0.25) is 0 Å². The van der Waals surface area contributed by atoms with Crippen LogP contribution in [-0.4, -0.2) is 32.4 Å². The lowest BCUT2D eigenvalue weighted by molar-refractivity contribution is 0.0953. The highest BCUT2D eigenvalue weighted by Gasteiger charge is 2.12. The van der Waals surface area contributed by atoms with E-state index in [0.29, 0.717) is 17.8 Å². The molecule has 6 nitrogen and oxygen atoms in total. The number of hydrogen-bond acceptors (Lipinski definition) is 4.